The molecule has 1 heterocycles. The monoisotopic (exact) mass is 235 g/mol. The first kappa shape index (κ1) is 11.5. The summed E-state index contributed by atoms with van der Waals surface area (Å²) in [7, 11) is 1.59. The largest absolute Gasteiger partial charge is 0.381 e. The average Bonchev–Trinajstić information content (AvgIpc) is 2.74. The number of ether oxygens (including phenoxy) is 1. The number of benzene rings is 1. The van der Waals surface area contributed by atoms with E-state index in [-0.39, 0.29) is 16.7 Å². The lowest BCUT2D eigenvalue weighted by Gasteiger charge is -2.09. The Kier molecular flexibility index (Phi) is 3.06. The van der Waals surface area contributed by atoms with Crippen LogP contribution in [-0.2, 0) is 11.2 Å². The van der Waals surface area contributed by atoms with E-state index in [1.54, 1.807) is 19.4 Å². The number of nitrogens with one attached hydrogen (secondary N) is 1. The fourth-order valence-electron chi connectivity index (χ4n) is 1.75. The molecule has 1 aromatic heterocycles. The minimum atomic E-state index is -0.371. The standard InChI is InChI=1S/C11H13N3O3/c1-7(17-2)3-8-4-10-9(6-12-13-10)5-11(8)14(15)16/h4-7H,3H2,1-2H3,(H,12,13)/t7-/m0/s1. The van der Waals surface area contributed by atoms with E-state index in [0.29, 0.717) is 12.0 Å². The summed E-state index contributed by atoms with van der Waals surface area (Å²) in [6.45, 7) is 1.88. The van der Waals surface area contributed by atoms with Crippen LogP contribution in [0.25, 0.3) is 10.9 Å². The number of nitro groups is 1. The molecule has 2 rings (SSSR count). The molecule has 0 spiro atoms. The Bertz CT molecular complexity index is 550. The Morgan fingerprint density at radius 1 is 1.59 bits per heavy atom. The zero-order chi connectivity index (χ0) is 12.4. The highest BCUT2D eigenvalue weighted by molar-refractivity contribution is 5.82. The maximum Gasteiger partial charge on any atom is 0.273 e. The Morgan fingerprint density at radius 3 is 3.00 bits per heavy atom. The molecular weight excluding hydrogens is 222 g/mol. The number of methoxy groups -OCH3 is 1. The topological polar surface area (TPSA) is 81.0 Å². The van der Waals surface area contributed by atoms with Gasteiger partial charge in [0.15, 0.2) is 0 Å². The Hall–Kier alpha value is -1.95. The lowest BCUT2D eigenvalue weighted by atomic mass is 10.0. The molecule has 0 unspecified atom stereocenters. The number of H-pyrrole nitrogens is 1. The van der Waals surface area contributed by atoms with Crippen molar-refractivity contribution in [3.63, 3.8) is 0 Å². The Morgan fingerprint density at radius 2 is 2.35 bits per heavy atom. The number of fused-ring (bicyclic) bond motifs is 1. The van der Waals surface area contributed by atoms with Crippen molar-refractivity contribution in [1.82, 2.24) is 10.2 Å². The summed E-state index contributed by atoms with van der Waals surface area (Å²) in [5.41, 5.74) is 1.57. The van der Waals surface area contributed by atoms with Gasteiger partial charge in [0.05, 0.1) is 22.7 Å². The Balaban J connectivity index is 2.49. The summed E-state index contributed by atoms with van der Waals surface area (Å²) in [6, 6.07) is 3.30. The molecule has 0 bridgehead atoms. The number of hydrogen-bond donors (Lipinski definition) is 1. The average molecular weight is 235 g/mol. The zero-order valence-electron chi connectivity index (χ0n) is 9.64. The van der Waals surface area contributed by atoms with E-state index in [1.165, 1.54) is 6.07 Å². The minimum absolute atomic E-state index is 0.0610. The molecule has 0 saturated carbocycles. The number of aromatic amines is 1. The summed E-state index contributed by atoms with van der Waals surface area (Å²) in [5.74, 6) is 0. The van der Waals surface area contributed by atoms with Crippen LogP contribution in [-0.4, -0.2) is 28.3 Å². The second kappa shape index (κ2) is 4.50. The first-order chi connectivity index (χ1) is 8.11. The van der Waals surface area contributed by atoms with Crippen LogP contribution < -0.4 is 0 Å². The molecule has 2 aromatic rings. The second-order valence-corrected chi connectivity index (χ2v) is 3.95. The van der Waals surface area contributed by atoms with Gasteiger partial charge in [-0.15, -0.1) is 0 Å². The van der Waals surface area contributed by atoms with Crippen molar-refractivity contribution in [1.29, 1.82) is 0 Å². The maximum absolute atomic E-state index is 11.0. The van der Waals surface area contributed by atoms with Gasteiger partial charge in [-0.2, -0.15) is 5.10 Å². The van der Waals surface area contributed by atoms with Crippen molar-refractivity contribution in [2.24, 2.45) is 0 Å². The van der Waals surface area contributed by atoms with E-state index in [0.717, 1.165) is 10.9 Å². The van der Waals surface area contributed by atoms with Crippen LogP contribution in [0.2, 0.25) is 0 Å². The minimum Gasteiger partial charge on any atom is -0.381 e. The van der Waals surface area contributed by atoms with Gasteiger partial charge < -0.3 is 4.74 Å². The van der Waals surface area contributed by atoms with Gasteiger partial charge in [-0.05, 0) is 13.0 Å². The van der Waals surface area contributed by atoms with Crippen LogP contribution in [0.4, 0.5) is 5.69 Å². The highest BCUT2D eigenvalue weighted by atomic mass is 16.6. The first-order valence-electron chi connectivity index (χ1n) is 5.25. The predicted octanol–water partition coefficient (Wildman–Crippen LogP) is 2.05. The van der Waals surface area contributed by atoms with Gasteiger partial charge in [0.25, 0.3) is 5.69 Å². The van der Waals surface area contributed by atoms with Crippen LogP contribution in [0.3, 0.4) is 0 Å². The van der Waals surface area contributed by atoms with Crippen LogP contribution in [0.15, 0.2) is 18.3 Å². The van der Waals surface area contributed by atoms with Gasteiger partial charge in [-0.25, -0.2) is 0 Å². The van der Waals surface area contributed by atoms with Crippen molar-refractivity contribution in [2.45, 2.75) is 19.4 Å². The van der Waals surface area contributed by atoms with E-state index < -0.39 is 0 Å². The molecule has 0 radical (unpaired) electrons. The number of nitro benzene ring substituents is 1. The smallest absolute Gasteiger partial charge is 0.273 e. The molecule has 17 heavy (non-hydrogen) atoms. The molecule has 6 nitrogen and oxygen atoms in total. The van der Waals surface area contributed by atoms with Gasteiger partial charge in [-0.1, -0.05) is 0 Å². The van der Waals surface area contributed by atoms with Crippen molar-refractivity contribution in [3.8, 4) is 0 Å². The van der Waals surface area contributed by atoms with Crippen LogP contribution in [0.1, 0.15) is 12.5 Å². The molecule has 0 aliphatic heterocycles. The molecule has 0 aliphatic carbocycles. The van der Waals surface area contributed by atoms with Crippen molar-refractivity contribution in [3.05, 3.63) is 34.0 Å². The van der Waals surface area contributed by atoms with Crippen LogP contribution in [0.5, 0.6) is 0 Å². The second-order valence-electron chi connectivity index (χ2n) is 3.95. The van der Waals surface area contributed by atoms with E-state index in [2.05, 4.69) is 10.2 Å². The summed E-state index contributed by atoms with van der Waals surface area (Å²) in [5, 5.41) is 18.4. The summed E-state index contributed by atoms with van der Waals surface area (Å²) in [6.07, 6.45) is 2.02. The van der Waals surface area contributed by atoms with Crippen molar-refractivity contribution < 1.29 is 9.66 Å². The summed E-state index contributed by atoms with van der Waals surface area (Å²) in [4.78, 5) is 10.6. The first-order valence-corrected chi connectivity index (χ1v) is 5.25. The summed E-state index contributed by atoms with van der Waals surface area (Å²) >= 11 is 0. The quantitative estimate of drug-likeness (QED) is 0.649. The number of hydrogen-bond acceptors (Lipinski definition) is 4. The molecule has 1 aromatic carbocycles. The third-order valence-electron chi connectivity index (χ3n) is 2.75. The van der Waals surface area contributed by atoms with Gasteiger partial charge in [0, 0.05) is 30.5 Å². The molecule has 1 atom stereocenters. The number of aromatic nitrogens is 2. The number of nitrogens with zero attached hydrogens (tertiary/aromatic N) is 2. The fraction of sp³-hybridized carbons (Fsp3) is 0.364. The predicted molar refractivity (Wildman–Crippen MR) is 62.9 cm³/mol. The van der Waals surface area contributed by atoms with E-state index >= 15 is 0 Å². The van der Waals surface area contributed by atoms with Gasteiger partial charge in [0.2, 0.25) is 0 Å². The maximum atomic E-state index is 11.0. The molecule has 6 heteroatoms. The van der Waals surface area contributed by atoms with Crippen LogP contribution in [0, 0.1) is 10.1 Å². The molecule has 0 fully saturated rings. The van der Waals surface area contributed by atoms with Gasteiger partial charge >= 0.3 is 0 Å². The molecule has 1 N–H and O–H groups in total. The van der Waals surface area contributed by atoms with Gasteiger partial charge in [-0.3, -0.25) is 15.2 Å². The molecule has 0 aliphatic rings. The zero-order valence-corrected chi connectivity index (χ0v) is 9.64. The van der Waals surface area contributed by atoms with E-state index in [4.69, 9.17) is 4.74 Å². The van der Waals surface area contributed by atoms with E-state index in [9.17, 15) is 10.1 Å². The van der Waals surface area contributed by atoms with Crippen LogP contribution >= 0.6 is 0 Å². The number of rotatable bonds is 4. The fourth-order valence-corrected chi connectivity index (χ4v) is 1.75. The van der Waals surface area contributed by atoms with Crippen molar-refractivity contribution >= 4 is 16.6 Å². The molecule has 0 amide bonds. The Labute approximate surface area is 97.7 Å². The van der Waals surface area contributed by atoms with Gasteiger partial charge in [0.1, 0.15) is 0 Å². The molecule has 90 valence electrons. The molecular formula is C11H13N3O3. The van der Waals surface area contributed by atoms with Crippen molar-refractivity contribution in [2.75, 3.05) is 7.11 Å². The third kappa shape index (κ3) is 2.26. The highest BCUT2D eigenvalue weighted by Gasteiger charge is 2.17. The third-order valence-corrected chi connectivity index (χ3v) is 2.75. The van der Waals surface area contributed by atoms with E-state index in [1.807, 2.05) is 6.92 Å². The normalized spacial score (nSPS) is 12.8. The SMILES string of the molecule is CO[C@@H](C)Cc1cc2[nH]ncc2cc1[N+](=O)[O-]. The lowest BCUT2D eigenvalue weighted by Crippen LogP contribution is -2.10. The molecule has 0 saturated heterocycles. The highest BCUT2D eigenvalue weighted by Crippen LogP contribution is 2.26. The lowest BCUT2D eigenvalue weighted by molar-refractivity contribution is -0.385. The summed E-state index contributed by atoms with van der Waals surface area (Å²) < 4.78 is 5.13.